The fraction of sp³-hybridized carbons (Fsp3) is 0.188. The number of carbonyl (C=O) groups excluding carboxylic acids is 1. The molecule has 2 rings (SSSR count). The van der Waals surface area contributed by atoms with Crippen LogP contribution in [0.1, 0.15) is 22.8 Å². The van der Waals surface area contributed by atoms with Crippen LogP contribution in [-0.2, 0) is 6.54 Å². The third kappa shape index (κ3) is 4.29. The van der Waals surface area contributed by atoms with Crippen LogP contribution in [0.4, 0.5) is 10.1 Å². The Morgan fingerprint density at radius 2 is 2.05 bits per heavy atom. The van der Waals surface area contributed by atoms with Crippen molar-refractivity contribution in [3.8, 4) is 0 Å². The number of rotatable bonds is 5. The van der Waals surface area contributed by atoms with Gasteiger partial charge in [0.2, 0.25) is 0 Å². The van der Waals surface area contributed by atoms with Crippen LogP contribution in [0.5, 0.6) is 0 Å². The molecule has 2 aromatic carbocycles. The molecule has 0 saturated carbocycles. The number of nitrogens with one attached hydrogen (secondary N) is 2. The van der Waals surface area contributed by atoms with Crippen LogP contribution >= 0.6 is 15.9 Å². The molecule has 1 amide bonds. The molecular formula is C16H16BrFN2O. The lowest BCUT2D eigenvalue weighted by molar-refractivity contribution is 0.0956. The van der Waals surface area contributed by atoms with Crippen LogP contribution in [0.2, 0.25) is 0 Å². The van der Waals surface area contributed by atoms with Gasteiger partial charge in [-0.15, -0.1) is 0 Å². The van der Waals surface area contributed by atoms with Crippen molar-refractivity contribution in [2.24, 2.45) is 0 Å². The Bertz CT molecular complexity index is 646. The molecular weight excluding hydrogens is 335 g/mol. The first-order valence-electron chi connectivity index (χ1n) is 6.66. The van der Waals surface area contributed by atoms with Crippen molar-refractivity contribution in [1.29, 1.82) is 0 Å². The largest absolute Gasteiger partial charge is 0.381 e. The second kappa shape index (κ2) is 7.22. The fourth-order valence-corrected chi connectivity index (χ4v) is 2.23. The van der Waals surface area contributed by atoms with E-state index < -0.39 is 0 Å². The second-order valence-corrected chi connectivity index (χ2v) is 5.45. The van der Waals surface area contributed by atoms with Gasteiger partial charge in [-0.2, -0.15) is 0 Å². The number of anilines is 1. The summed E-state index contributed by atoms with van der Waals surface area (Å²) in [6.07, 6.45) is 0. The van der Waals surface area contributed by atoms with Crippen LogP contribution in [0, 0.1) is 5.82 Å². The number of amides is 1. The minimum Gasteiger partial charge on any atom is -0.381 e. The monoisotopic (exact) mass is 350 g/mol. The van der Waals surface area contributed by atoms with Crippen molar-refractivity contribution < 1.29 is 9.18 Å². The molecule has 0 fully saturated rings. The van der Waals surface area contributed by atoms with Gasteiger partial charge in [-0.1, -0.05) is 28.1 Å². The molecule has 0 spiro atoms. The summed E-state index contributed by atoms with van der Waals surface area (Å²) < 4.78 is 14.4. The topological polar surface area (TPSA) is 41.1 Å². The standard InChI is InChI=1S/C16H16BrFN2O/c1-2-19-16(21)11-4-3-5-14(8-11)20-10-12-6-7-13(17)9-15(12)18/h3-9,20H,2,10H2,1H3,(H,19,21). The third-order valence-electron chi connectivity index (χ3n) is 2.96. The molecule has 0 bridgehead atoms. The average molecular weight is 351 g/mol. The predicted molar refractivity (Wildman–Crippen MR) is 85.9 cm³/mol. The lowest BCUT2D eigenvalue weighted by atomic mass is 10.1. The maximum absolute atomic E-state index is 13.7. The Morgan fingerprint density at radius 1 is 1.24 bits per heavy atom. The molecule has 21 heavy (non-hydrogen) atoms. The molecule has 0 atom stereocenters. The quantitative estimate of drug-likeness (QED) is 0.857. The van der Waals surface area contributed by atoms with E-state index in [-0.39, 0.29) is 11.7 Å². The first-order valence-corrected chi connectivity index (χ1v) is 7.45. The van der Waals surface area contributed by atoms with Gasteiger partial charge >= 0.3 is 0 Å². The number of benzene rings is 2. The predicted octanol–water partition coefficient (Wildman–Crippen LogP) is 3.95. The third-order valence-corrected chi connectivity index (χ3v) is 3.45. The van der Waals surface area contributed by atoms with Gasteiger partial charge in [-0.3, -0.25) is 4.79 Å². The molecule has 5 heteroatoms. The van der Waals surface area contributed by atoms with E-state index in [0.717, 1.165) is 5.69 Å². The highest BCUT2D eigenvalue weighted by molar-refractivity contribution is 9.10. The van der Waals surface area contributed by atoms with Crippen LogP contribution in [-0.4, -0.2) is 12.5 Å². The second-order valence-electron chi connectivity index (χ2n) is 4.53. The van der Waals surface area contributed by atoms with Crippen molar-refractivity contribution in [1.82, 2.24) is 5.32 Å². The molecule has 0 aliphatic heterocycles. The summed E-state index contributed by atoms with van der Waals surface area (Å²) in [5, 5.41) is 5.87. The summed E-state index contributed by atoms with van der Waals surface area (Å²) in [6, 6.07) is 12.1. The zero-order valence-electron chi connectivity index (χ0n) is 11.6. The zero-order valence-corrected chi connectivity index (χ0v) is 13.2. The number of halogens is 2. The summed E-state index contributed by atoms with van der Waals surface area (Å²) in [7, 11) is 0. The highest BCUT2D eigenvalue weighted by Crippen LogP contribution is 2.17. The fourth-order valence-electron chi connectivity index (χ4n) is 1.90. The van der Waals surface area contributed by atoms with Gasteiger partial charge in [0.1, 0.15) is 5.82 Å². The average Bonchev–Trinajstić information content (AvgIpc) is 2.47. The minimum atomic E-state index is -0.267. The van der Waals surface area contributed by atoms with E-state index in [0.29, 0.717) is 28.7 Å². The molecule has 3 nitrogen and oxygen atoms in total. The molecule has 0 unspecified atom stereocenters. The number of hydrogen-bond acceptors (Lipinski definition) is 2. The van der Waals surface area contributed by atoms with E-state index in [1.54, 1.807) is 30.3 Å². The first kappa shape index (κ1) is 15.5. The van der Waals surface area contributed by atoms with Crippen molar-refractivity contribution in [3.63, 3.8) is 0 Å². The Labute approximate surface area is 131 Å². The number of hydrogen-bond donors (Lipinski definition) is 2. The molecule has 0 aliphatic carbocycles. The van der Waals surface area contributed by atoms with E-state index in [1.807, 2.05) is 13.0 Å². The van der Waals surface area contributed by atoms with Gasteiger partial charge in [0, 0.05) is 34.4 Å². The van der Waals surface area contributed by atoms with Crippen LogP contribution in [0.25, 0.3) is 0 Å². The maximum Gasteiger partial charge on any atom is 0.251 e. The Morgan fingerprint density at radius 3 is 2.76 bits per heavy atom. The summed E-state index contributed by atoms with van der Waals surface area (Å²) in [5.41, 5.74) is 1.93. The van der Waals surface area contributed by atoms with Gasteiger partial charge in [0.05, 0.1) is 0 Å². The molecule has 0 saturated heterocycles. The Kier molecular flexibility index (Phi) is 5.33. The molecule has 2 N–H and O–H groups in total. The molecule has 2 aromatic rings. The van der Waals surface area contributed by atoms with E-state index in [9.17, 15) is 9.18 Å². The molecule has 0 aliphatic rings. The summed E-state index contributed by atoms with van der Waals surface area (Å²) >= 11 is 3.23. The van der Waals surface area contributed by atoms with Gasteiger partial charge in [0.15, 0.2) is 0 Å². The lowest BCUT2D eigenvalue weighted by Crippen LogP contribution is -2.22. The van der Waals surface area contributed by atoms with Gasteiger partial charge in [-0.25, -0.2) is 4.39 Å². The lowest BCUT2D eigenvalue weighted by Gasteiger charge is -2.09. The minimum absolute atomic E-state index is 0.115. The summed E-state index contributed by atoms with van der Waals surface area (Å²) in [4.78, 5) is 11.8. The maximum atomic E-state index is 13.7. The molecule has 110 valence electrons. The van der Waals surface area contributed by atoms with Gasteiger partial charge < -0.3 is 10.6 Å². The van der Waals surface area contributed by atoms with E-state index in [1.165, 1.54) is 6.07 Å². The normalized spacial score (nSPS) is 10.2. The molecule has 0 aromatic heterocycles. The highest BCUT2D eigenvalue weighted by atomic mass is 79.9. The molecule has 0 heterocycles. The Balaban J connectivity index is 2.06. The number of carbonyl (C=O) groups is 1. The highest BCUT2D eigenvalue weighted by Gasteiger charge is 2.06. The van der Waals surface area contributed by atoms with Crippen molar-refractivity contribution >= 4 is 27.5 Å². The van der Waals surface area contributed by atoms with Crippen LogP contribution < -0.4 is 10.6 Å². The van der Waals surface area contributed by atoms with E-state index in [4.69, 9.17) is 0 Å². The Hall–Kier alpha value is -1.88. The zero-order chi connectivity index (χ0) is 15.2. The van der Waals surface area contributed by atoms with Gasteiger partial charge in [-0.05, 0) is 37.3 Å². The van der Waals surface area contributed by atoms with Crippen molar-refractivity contribution in [3.05, 3.63) is 63.9 Å². The SMILES string of the molecule is CCNC(=O)c1cccc(NCc2ccc(Br)cc2F)c1. The smallest absolute Gasteiger partial charge is 0.251 e. The summed E-state index contributed by atoms with van der Waals surface area (Å²) in [5.74, 6) is -0.382. The van der Waals surface area contributed by atoms with E-state index >= 15 is 0 Å². The summed E-state index contributed by atoms with van der Waals surface area (Å²) in [6.45, 7) is 2.81. The molecule has 0 radical (unpaired) electrons. The van der Waals surface area contributed by atoms with Gasteiger partial charge in [0.25, 0.3) is 5.91 Å². The van der Waals surface area contributed by atoms with Crippen molar-refractivity contribution in [2.45, 2.75) is 13.5 Å². The van der Waals surface area contributed by atoms with Crippen LogP contribution in [0.15, 0.2) is 46.9 Å². The van der Waals surface area contributed by atoms with E-state index in [2.05, 4.69) is 26.6 Å². The van der Waals surface area contributed by atoms with Crippen molar-refractivity contribution in [2.75, 3.05) is 11.9 Å². The van der Waals surface area contributed by atoms with Crippen LogP contribution in [0.3, 0.4) is 0 Å². The first-order chi connectivity index (χ1) is 10.1.